The molecule has 0 radical (unpaired) electrons. The summed E-state index contributed by atoms with van der Waals surface area (Å²) in [4.78, 5) is 26.8. The van der Waals surface area contributed by atoms with Crippen LogP contribution in [0.15, 0.2) is 22.7 Å². The fourth-order valence-corrected chi connectivity index (χ4v) is 4.44. The number of carbonyl (C=O) groups excluding carboxylic acids is 2. The summed E-state index contributed by atoms with van der Waals surface area (Å²) in [5.74, 6) is -1.53. The van der Waals surface area contributed by atoms with E-state index in [4.69, 9.17) is 0 Å². The van der Waals surface area contributed by atoms with Crippen LogP contribution in [0.1, 0.15) is 62.2 Å². The van der Waals surface area contributed by atoms with Gasteiger partial charge < -0.3 is 10.2 Å². The fourth-order valence-electron chi connectivity index (χ4n) is 2.88. The molecule has 0 aliphatic rings. The number of anilines is 1. The number of hydrogen-bond donors (Lipinski definition) is 2. The lowest BCUT2D eigenvalue weighted by Gasteiger charge is -2.13. The van der Waals surface area contributed by atoms with Crippen molar-refractivity contribution >= 4 is 43.3 Å². The van der Waals surface area contributed by atoms with E-state index in [0.29, 0.717) is 23.9 Å². The van der Waals surface area contributed by atoms with Gasteiger partial charge in [0.05, 0.1) is 17.0 Å². The number of rotatable bonds is 15. The molecule has 7 nitrogen and oxygen atoms in total. The molecule has 1 aromatic carbocycles. The molecule has 0 heterocycles. The predicted octanol–water partition coefficient (Wildman–Crippen LogP) is 3.80. The molecule has 0 fully saturated rings. The summed E-state index contributed by atoms with van der Waals surface area (Å²) in [5.41, 5.74) is 0.152. The molecule has 0 bridgehead atoms. The number of hydrogen-bond acceptors (Lipinski definition) is 5. The van der Waals surface area contributed by atoms with E-state index in [2.05, 4.69) is 32.9 Å². The number of nitrogens with zero attached hydrogens (tertiary/aromatic N) is 1. The zero-order chi connectivity index (χ0) is 22.6. The maximum Gasteiger partial charge on any atom is 0.292 e. The van der Waals surface area contributed by atoms with Crippen molar-refractivity contribution in [3.63, 3.8) is 0 Å². The van der Waals surface area contributed by atoms with Crippen molar-refractivity contribution in [3.8, 4) is 0 Å². The van der Waals surface area contributed by atoms with Crippen molar-refractivity contribution in [1.82, 2.24) is 10.2 Å². The number of sulfonamides is 1. The van der Waals surface area contributed by atoms with Gasteiger partial charge in [-0.15, -0.1) is 0 Å². The first-order chi connectivity index (χ1) is 14.2. The van der Waals surface area contributed by atoms with Crippen molar-refractivity contribution in [1.29, 1.82) is 0 Å². The van der Waals surface area contributed by atoms with E-state index in [1.165, 1.54) is 12.1 Å². The molecule has 0 aromatic heterocycles. The van der Waals surface area contributed by atoms with E-state index in [1.54, 1.807) is 6.07 Å². The summed E-state index contributed by atoms with van der Waals surface area (Å²) in [5, 5.41) is 2.60. The molecule has 0 spiro atoms. The van der Waals surface area contributed by atoms with Gasteiger partial charge in [-0.05, 0) is 51.7 Å². The van der Waals surface area contributed by atoms with Gasteiger partial charge in [-0.25, -0.2) is 8.42 Å². The summed E-state index contributed by atoms with van der Waals surface area (Å²) < 4.78 is 28.0. The molecule has 1 rings (SSSR count). The Labute approximate surface area is 189 Å². The van der Waals surface area contributed by atoms with Gasteiger partial charge in [0.15, 0.2) is 0 Å². The highest BCUT2D eigenvalue weighted by molar-refractivity contribution is 9.10. The largest absolute Gasteiger partial charge is 0.349 e. The Morgan fingerprint density at radius 3 is 2.37 bits per heavy atom. The van der Waals surface area contributed by atoms with Crippen LogP contribution in [0, 0.1) is 0 Å². The first-order valence-electron chi connectivity index (χ1n) is 10.4. The first-order valence-corrected chi connectivity index (χ1v) is 12.9. The van der Waals surface area contributed by atoms with Crippen LogP contribution in [-0.4, -0.2) is 57.9 Å². The van der Waals surface area contributed by atoms with Crippen molar-refractivity contribution in [2.45, 2.75) is 51.9 Å². The molecule has 0 aliphatic carbocycles. The normalized spacial score (nSPS) is 11.5. The van der Waals surface area contributed by atoms with Crippen molar-refractivity contribution in [2.24, 2.45) is 0 Å². The molecule has 30 heavy (non-hydrogen) atoms. The lowest BCUT2D eigenvalue weighted by Crippen LogP contribution is -2.33. The molecule has 0 saturated heterocycles. The number of unbranched alkanes of at least 4 members (excludes halogenated alkanes) is 5. The SMILES string of the molecule is CCCCCCCCS(=O)(=O)Nc1ccc(Br)cc1C(=O)C(=O)NCCCN(C)C. The minimum atomic E-state index is -3.61. The molecule has 0 saturated carbocycles. The van der Waals surface area contributed by atoms with E-state index in [-0.39, 0.29) is 17.0 Å². The van der Waals surface area contributed by atoms with E-state index in [1.807, 2.05) is 19.0 Å². The average Bonchev–Trinajstić information content (AvgIpc) is 2.68. The van der Waals surface area contributed by atoms with Crippen molar-refractivity contribution < 1.29 is 18.0 Å². The van der Waals surface area contributed by atoms with Gasteiger partial charge in [0, 0.05) is 11.0 Å². The van der Waals surface area contributed by atoms with Crippen LogP contribution in [0.5, 0.6) is 0 Å². The Hall–Kier alpha value is -1.45. The highest BCUT2D eigenvalue weighted by Crippen LogP contribution is 2.23. The predicted molar refractivity (Wildman–Crippen MR) is 125 cm³/mol. The molecular formula is C21H34BrN3O4S. The zero-order valence-corrected chi connectivity index (χ0v) is 20.6. The third-order valence-corrected chi connectivity index (χ3v) is 6.38. The minimum absolute atomic E-state index is 0.0143. The van der Waals surface area contributed by atoms with Crippen LogP contribution < -0.4 is 10.0 Å². The number of benzene rings is 1. The van der Waals surface area contributed by atoms with Crippen molar-refractivity contribution in [3.05, 3.63) is 28.2 Å². The highest BCUT2D eigenvalue weighted by atomic mass is 79.9. The Morgan fingerprint density at radius 2 is 1.70 bits per heavy atom. The summed E-state index contributed by atoms with van der Waals surface area (Å²) >= 11 is 3.28. The molecule has 0 atom stereocenters. The molecule has 1 aromatic rings. The molecule has 0 aliphatic heterocycles. The van der Waals surface area contributed by atoms with E-state index in [0.717, 1.165) is 38.6 Å². The average molecular weight is 504 g/mol. The smallest absolute Gasteiger partial charge is 0.292 e. The fraction of sp³-hybridized carbons (Fsp3) is 0.619. The molecular weight excluding hydrogens is 470 g/mol. The summed E-state index contributed by atoms with van der Waals surface area (Å²) in [6, 6.07) is 4.59. The van der Waals surface area contributed by atoms with Crippen LogP contribution >= 0.6 is 15.9 Å². The third kappa shape index (κ3) is 10.5. The van der Waals surface area contributed by atoms with E-state index >= 15 is 0 Å². The highest BCUT2D eigenvalue weighted by Gasteiger charge is 2.22. The van der Waals surface area contributed by atoms with Crippen LogP contribution in [0.3, 0.4) is 0 Å². The maximum absolute atomic E-state index is 12.6. The van der Waals surface area contributed by atoms with Gasteiger partial charge in [0.25, 0.3) is 11.7 Å². The third-order valence-electron chi connectivity index (χ3n) is 4.53. The number of amides is 1. The Morgan fingerprint density at radius 1 is 1.03 bits per heavy atom. The van der Waals surface area contributed by atoms with Crippen LogP contribution in [-0.2, 0) is 14.8 Å². The summed E-state index contributed by atoms with van der Waals surface area (Å²) in [6.45, 7) is 3.29. The Bertz CT molecular complexity index is 797. The number of carbonyl (C=O) groups is 2. The monoisotopic (exact) mass is 503 g/mol. The summed E-state index contributed by atoms with van der Waals surface area (Å²) in [6.07, 6.45) is 6.55. The molecule has 1 amide bonds. The lowest BCUT2D eigenvalue weighted by atomic mass is 10.1. The van der Waals surface area contributed by atoms with Gasteiger partial charge in [0.2, 0.25) is 10.0 Å². The van der Waals surface area contributed by atoms with Gasteiger partial charge >= 0.3 is 0 Å². The van der Waals surface area contributed by atoms with E-state index < -0.39 is 21.7 Å². The number of Topliss-reactive ketones (excluding diaryl/α,β-unsaturated/α-hetero) is 1. The Balaban J connectivity index is 2.73. The first kappa shape index (κ1) is 26.6. The number of halogens is 1. The molecule has 2 N–H and O–H groups in total. The second-order valence-corrected chi connectivity index (χ2v) is 10.4. The topological polar surface area (TPSA) is 95.6 Å². The van der Waals surface area contributed by atoms with E-state index in [9.17, 15) is 18.0 Å². The standard InChI is InChI=1S/C21H34BrN3O4S/c1-4-5-6-7-8-9-15-30(28,29)24-19-12-11-17(22)16-18(19)20(26)21(27)23-13-10-14-25(2)3/h11-12,16,24H,4-10,13-15H2,1-3H3,(H,23,27). The molecule has 0 unspecified atom stereocenters. The second-order valence-electron chi connectivity index (χ2n) is 7.62. The van der Waals surface area contributed by atoms with Crippen LogP contribution in [0.25, 0.3) is 0 Å². The molecule has 170 valence electrons. The quantitative estimate of drug-likeness (QED) is 0.215. The van der Waals surface area contributed by atoms with Gasteiger partial charge in [-0.2, -0.15) is 0 Å². The summed E-state index contributed by atoms with van der Waals surface area (Å²) in [7, 11) is 0.250. The minimum Gasteiger partial charge on any atom is -0.349 e. The second kappa shape index (κ2) is 13.8. The molecule has 9 heteroatoms. The van der Waals surface area contributed by atoms with Crippen molar-refractivity contribution in [2.75, 3.05) is 37.7 Å². The van der Waals surface area contributed by atoms with Crippen LogP contribution in [0.2, 0.25) is 0 Å². The zero-order valence-electron chi connectivity index (χ0n) is 18.2. The van der Waals surface area contributed by atoms with Crippen LogP contribution in [0.4, 0.5) is 5.69 Å². The lowest BCUT2D eigenvalue weighted by molar-refractivity contribution is -0.117. The maximum atomic E-state index is 12.6. The number of ketones is 1. The van der Waals surface area contributed by atoms with Gasteiger partial charge in [-0.1, -0.05) is 55.0 Å². The van der Waals surface area contributed by atoms with Gasteiger partial charge in [0.1, 0.15) is 0 Å². The van der Waals surface area contributed by atoms with Gasteiger partial charge in [-0.3, -0.25) is 14.3 Å². The number of nitrogens with one attached hydrogen (secondary N) is 2. The Kier molecular flexibility index (Phi) is 12.2.